The third kappa shape index (κ3) is 5.74. The summed E-state index contributed by atoms with van der Waals surface area (Å²) in [6.45, 7) is 0.155. The maximum absolute atomic E-state index is 12.8. The average Bonchev–Trinajstić information content (AvgIpc) is 3.53. The number of thioether (sulfide) groups is 1. The number of nitrogens with zero attached hydrogens (tertiary/aromatic N) is 4. The summed E-state index contributed by atoms with van der Waals surface area (Å²) < 4.78 is 44.8. The van der Waals surface area contributed by atoms with Crippen molar-refractivity contribution < 1.29 is 73.8 Å². The largest absolute Gasteiger partial charge is 1.00 e. The molecule has 1 aliphatic rings. The fourth-order valence-electron chi connectivity index (χ4n) is 3.35. The number of aromatic nitrogens is 2. The zero-order valence-electron chi connectivity index (χ0n) is 18.7. The minimum atomic E-state index is -4.30. The Labute approximate surface area is 258 Å². The molecule has 0 N–H and O–H groups in total. The minimum Gasteiger partial charge on any atom is -0.493 e. The summed E-state index contributed by atoms with van der Waals surface area (Å²) in [6.07, 6.45) is 1.35. The Morgan fingerprint density at radius 1 is 1.08 bits per heavy atom. The summed E-state index contributed by atoms with van der Waals surface area (Å²) in [5.41, 5.74) is 1.81. The molecule has 0 fully saturated rings. The third-order valence-corrected chi connectivity index (χ3v) is 7.78. The van der Waals surface area contributed by atoms with Crippen LogP contribution in [0.4, 0.5) is 0 Å². The van der Waals surface area contributed by atoms with Gasteiger partial charge in [-0.3, -0.25) is 0 Å². The van der Waals surface area contributed by atoms with Crippen LogP contribution in [0.15, 0.2) is 75.0 Å². The van der Waals surface area contributed by atoms with Gasteiger partial charge in [-0.15, -0.1) is 11.8 Å². The average molecular weight is 565 g/mol. The molecule has 0 spiro atoms. The summed E-state index contributed by atoms with van der Waals surface area (Å²) >= 11 is 7.73. The maximum atomic E-state index is 12.8. The van der Waals surface area contributed by atoms with E-state index in [9.17, 15) is 8.42 Å². The molecule has 0 saturated carbocycles. The molecule has 36 heavy (non-hydrogen) atoms. The van der Waals surface area contributed by atoms with Gasteiger partial charge < -0.3 is 24.0 Å². The predicted molar refractivity (Wildman–Crippen MR) is 128 cm³/mol. The SMILES string of the molecule is N#C[N-]S(=O)(=O)c1cc(-c2nc(-c3ccccc3)no2)c(Cl)cc1SCc1ccc2c(c1)OCO2.[K+]. The number of nitriles is 1. The van der Waals surface area contributed by atoms with E-state index >= 15 is 0 Å². The number of benzene rings is 3. The van der Waals surface area contributed by atoms with Crippen LogP contribution in [-0.2, 0) is 15.8 Å². The second-order valence-electron chi connectivity index (χ2n) is 7.21. The van der Waals surface area contributed by atoms with Crippen LogP contribution < -0.4 is 60.9 Å². The van der Waals surface area contributed by atoms with Gasteiger partial charge in [0.1, 0.15) is 0 Å². The van der Waals surface area contributed by atoms with Crippen molar-refractivity contribution >= 4 is 33.4 Å². The van der Waals surface area contributed by atoms with Crippen molar-refractivity contribution in [2.45, 2.75) is 15.5 Å². The van der Waals surface area contributed by atoms with E-state index < -0.39 is 10.0 Å². The first-order valence-corrected chi connectivity index (χ1v) is 12.9. The summed E-state index contributed by atoms with van der Waals surface area (Å²) in [4.78, 5) is 4.48. The fraction of sp³-hybridized carbons (Fsp3) is 0.0870. The molecule has 0 amide bonds. The van der Waals surface area contributed by atoms with E-state index in [1.165, 1.54) is 30.1 Å². The van der Waals surface area contributed by atoms with Crippen molar-refractivity contribution in [2.24, 2.45) is 0 Å². The molecule has 9 nitrogen and oxygen atoms in total. The molecular formula is C23H14ClKN4O5S2. The third-order valence-electron chi connectivity index (χ3n) is 4.99. The van der Waals surface area contributed by atoms with Crippen molar-refractivity contribution in [1.29, 1.82) is 5.26 Å². The zero-order chi connectivity index (χ0) is 24.4. The van der Waals surface area contributed by atoms with Crippen molar-refractivity contribution in [2.75, 3.05) is 6.79 Å². The summed E-state index contributed by atoms with van der Waals surface area (Å²) in [5.74, 6) is 2.03. The molecule has 176 valence electrons. The number of halogens is 1. The van der Waals surface area contributed by atoms with Crippen LogP contribution in [0, 0.1) is 11.5 Å². The first-order chi connectivity index (χ1) is 16.9. The Hall–Kier alpha value is -2.08. The Morgan fingerprint density at radius 3 is 2.64 bits per heavy atom. The molecule has 13 heteroatoms. The smallest absolute Gasteiger partial charge is 0.493 e. The van der Waals surface area contributed by atoms with Crippen LogP contribution in [0.25, 0.3) is 27.6 Å². The minimum absolute atomic E-state index is 0. The number of sulfonamides is 1. The van der Waals surface area contributed by atoms with Crippen molar-refractivity contribution in [3.63, 3.8) is 0 Å². The molecule has 4 aromatic rings. The molecule has 0 saturated heterocycles. The van der Waals surface area contributed by atoms with Crippen LogP contribution in [0.5, 0.6) is 11.5 Å². The van der Waals surface area contributed by atoms with Gasteiger partial charge in [0.15, 0.2) is 11.5 Å². The van der Waals surface area contributed by atoms with Gasteiger partial charge in [-0.05, 0) is 29.8 Å². The van der Waals surface area contributed by atoms with Crippen molar-refractivity contribution in [3.8, 4) is 40.5 Å². The van der Waals surface area contributed by atoms with E-state index in [0.29, 0.717) is 28.0 Å². The second kappa shape index (κ2) is 11.5. The molecular weight excluding hydrogens is 551 g/mol. The fourth-order valence-corrected chi connectivity index (χ4v) is 5.84. The molecule has 0 unspecified atom stereocenters. The van der Waals surface area contributed by atoms with Gasteiger partial charge >= 0.3 is 51.4 Å². The molecule has 5 rings (SSSR count). The van der Waals surface area contributed by atoms with Gasteiger partial charge in [-0.2, -0.15) is 4.98 Å². The zero-order valence-corrected chi connectivity index (χ0v) is 24.2. The standard InChI is InChI=1S/C23H14ClN4O5S2.K/c24-17-10-20(34-11-14-6-7-18-19(8-14)32-13-31-18)21(35(29,30)26-12-25)9-16(17)23-27-22(28-33-23)15-4-2-1-3-5-15;/h1-10H,11,13H2;/q-1;+1. The Balaban J connectivity index is 0.00000304. The Morgan fingerprint density at radius 2 is 1.86 bits per heavy atom. The molecule has 1 aromatic heterocycles. The topological polar surface area (TPSA) is 129 Å². The first kappa shape index (κ1) is 27.0. The van der Waals surface area contributed by atoms with Gasteiger partial charge in [0.2, 0.25) is 22.6 Å². The summed E-state index contributed by atoms with van der Waals surface area (Å²) in [5, 5.41) is 13.1. The summed E-state index contributed by atoms with van der Waals surface area (Å²) in [7, 11) is -4.30. The van der Waals surface area contributed by atoms with E-state index in [-0.39, 0.29) is 79.5 Å². The molecule has 1 aliphatic heterocycles. The van der Waals surface area contributed by atoms with Gasteiger partial charge in [-0.1, -0.05) is 59.3 Å². The van der Waals surface area contributed by atoms with Crippen LogP contribution in [0.1, 0.15) is 5.56 Å². The van der Waals surface area contributed by atoms with Gasteiger partial charge in [-0.25, -0.2) is 8.42 Å². The number of hydrogen-bond donors (Lipinski definition) is 0. The van der Waals surface area contributed by atoms with Gasteiger partial charge in [0, 0.05) is 16.2 Å². The van der Waals surface area contributed by atoms with Crippen LogP contribution in [0.2, 0.25) is 5.02 Å². The number of fused-ring (bicyclic) bond motifs is 1. The normalized spacial score (nSPS) is 12.0. The molecule has 0 atom stereocenters. The van der Waals surface area contributed by atoms with Gasteiger partial charge in [0.05, 0.1) is 15.5 Å². The quantitative estimate of drug-likeness (QED) is 0.189. The van der Waals surface area contributed by atoms with Crippen LogP contribution in [0.3, 0.4) is 0 Å². The molecule has 3 aromatic carbocycles. The Kier molecular flexibility index (Phi) is 8.64. The summed E-state index contributed by atoms with van der Waals surface area (Å²) in [6, 6.07) is 17.4. The van der Waals surface area contributed by atoms with Crippen molar-refractivity contribution in [1.82, 2.24) is 10.1 Å². The second-order valence-corrected chi connectivity index (χ2v) is 10.2. The maximum Gasteiger partial charge on any atom is 1.00 e. The van der Waals surface area contributed by atoms with E-state index in [0.717, 1.165) is 11.1 Å². The van der Waals surface area contributed by atoms with E-state index in [4.69, 9.17) is 30.9 Å². The molecule has 2 heterocycles. The monoisotopic (exact) mass is 564 g/mol. The predicted octanol–water partition coefficient (Wildman–Crippen LogP) is 2.63. The van der Waals surface area contributed by atoms with E-state index in [1.807, 2.05) is 42.5 Å². The van der Waals surface area contributed by atoms with E-state index in [1.54, 1.807) is 6.07 Å². The molecule has 0 radical (unpaired) electrons. The van der Waals surface area contributed by atoms with E-state index in [2.05, 4.69) is 14.9 Å². The van der Waals surface area contributed by atoms with Crippen LogP contribution >= 0.6 is 23.4 Å². The van der Waals surface area contributed by atoms with Crippen molar-refractivity contribution in [3.05, 3.63) is 76.0 Å². The molecule has 0 aliphatic carbocycles. The Bertz CT molecular complexity index is 1560. The number of ether oxygens (including phenoxy) is 2. The van der Waals surface area contributed by atoms with Crippen LogP contribution in [-0.4, -0.2) is 25.4 Å². The first-order valence-electron chi connectivity index (χ1n) is 10.0. The van der Waals surface area contributed by atoms with Gasteiger partial charge in [0.25, 0.3) is 5.89 Å². The number of hydrogen-bond acceptors (Lipinski definition) is 9. The molecule has 0 bridgehead atoms. The number of rotatable bonds is 7.